The van der Waals surface area contributed by atoms with E-state index >= 15 is 0 Å². The van der Waals surface area contributed by atoms with Crippen LogP contribution in [-0.4, -0.2) is 16.9 Å². The highest BCUT2D eigenvalue weighted by molar-refractivity contribution is 5.94. The summed E-state index contributed by atoms with van der Waals surface area (Å²) in [5.41, 5.74) is 0.812. The van der Waals surface area contributed by atoms with Crippen molar-refractivity contribution in [2.24, 2.45) is 5.92 Å². The molecule has 0 unspecified atom stereocenters. The highest BCUT2D eigenvalue weighted by Gasteiger charge is 2.23. The second kappa shape index (κ2) is 8.34. The molecular weight excluding hydrogens is 341 g/mol. The summed E-state index contributed by atoms with van der Waals surface area (Å²) in [6.07, 6.45) is 9.43. The zero-order valence-corrected chi connectivity index (χ0v) is 14.4. The topological polar surface area (TPSA) is 42.0 Å². The lowest BCUT2D eigenvalue weighted by molar-refractivity contribution is 0.0930. The Balaban J connectivity index is 1.74. The molecule has 3 nitrogen and oxygen atoms in total. The summed E-state index contributed by atoms with van der Waals surface area (Å²) < 4.78 is 39.9. The molecule has 1 aliphatic carbocycles. The summed E-state index contributed by atoms with van der Waals surface area (Å²) in [5.74, 6) is -4.36. The highest BCUT2D eigenvalue weighted by atomic mass is 19.2. The van der Waals surface area contributed by atoms with Crippen molar-refractivity contribution < 1.29 is 18.0 Å². The van der Waals surface area contributed by atoms with Gasteiger partial charge in [0.2, 0.25) is 0 Å². The number of nitrogens with zero attached hydrogens (tertiary/aromatic N) is 1. The van der Waals surface area contributed by atoms with Gasteiger partial charge in [0.25, 0.3) is 5.91 Å². The number of nitrogens with one attached hydrogen (secondary N) is 1. The van der Waals surface area contributed by atoms with Crippen LogP contribution in [0.25, 0.3) is 0 Å². The fourth-order valence-electron chi connectivity index (χ4n) is 3.60. The summed E-state index contributed by atoms with van der Waals surface area (Å²) in [4.78, 5) is 16.4. The molecule has 1 saturated carbocycles. The third kappa shape index (κ3) is 4.62. The fourth-order valence-corrected chi connectivity index (χ4v) is 3.60. The second-order valence-corrected chi connectivity index (χ2v) is 6.87. The zero-order chi connectivity index (χ0) is 18.5. The number of hydrogen-bond acceptors (Lipinski definition) is 2. The third-order valence-corrected chi connectivity index (χ3v) is 4.91. The standard InChI is InChI=1S/C20H21F3N2O/c21-17-11-15(12-18(22)19(17)23)20(26)25-16(9-13-3-1-2-4-13)10-14-5-7-24-8-6-14/h5-8,11-13,16H,1-4,9-10H2,(H,25,26)/t16-/m0/s1. The minimum absolute atomic E-state index is 0.163. The number of carbonyl (C=O) groups is 1. The summed E-state index contributed by atoms with van der Waals surface area (Å²) in [6, 6.07) is 5.06. The van der Waals surface area contributed by atoms with Gasteiger partial charge in [-0.2, -0.15) is 0 Å². The van der Waals surface area contributed by atoms with Gasteiger partial charge in [-0.1, -0.05) is 25.7 Å². The molecule has 3 rings (SSSR count). The molecule has 1 fully saturated rings. The Morgan fingerprint density at radius 3 is 2.35 bits per heavy atom. The van der Waals surface area contributed by atoms with E-state index in [1.54, 1.807) is 12.4 Å². The molecule has 0 radical (unpaired) electrons. The number of aromatic nitrogens is 1. The fraction of sp³-hybridized carbons (Fsp3) is 0.400. The normalized spacial score (nSPS) is 15.8. The van der Waals surface area contributed by atoms with E-state index in [0.717, 1.165) is 37.0 Å². The van der Waals surface area contributed by atoms with Crippen molar-refractivity contribution in [2.45, 2.75) is 44.6 Å². The monoisotopic (exact) mass is 362 g/mol. The number of amides is 1. The van der Waals surface area contributed by atoms with E-state index in [0.29, 0.717) is 12.3 Å². The van der Waals surface area contributed by atoms with Crippen LogP contribution in [0.2, 0.25) is 0 Å². The largest absolute Gasteiger partial charge is 0.349 e. The maximum absolute atomic E-state index is 13.4. The predicted molar refractivity (Wildman–Crippen MR) is 92.1 cm³/mol. The van der Waals surface area contributed by atoms with Gasteiger partial charge in [-0.25, -0.2) is 13.2 Å². The first-order chi connectivity index (χ1) is 12.5. The van der Waals surface area contributed by atoms with Gasteiger partial charge in [0.1, 0.15) is 0 Å². The number of halogens is 3. The predicted octanol–water partition coefficient (Wildman–Crippen LogP) is 4.42. The van der Waals surface area contributed by atoms with Crippen LogP contribution in [0.4, 0.5) is 13.2 Å². The first-order valence-corrected chi connectivity index (χ1v) is 8.87. The van der Waals surface area contributed by atoms with Crippen LogP contribution in [0.15, 0.2) is 36.7 Å². The van der Waals surface area contributed by atoms with Gasteiger partial charge in [-0.05, 0) is 48.6 Å². The van der Waals surface area contributed by atoms with Gasteiger partial charge < -0.3 is 5.32 Å². The van der Waals surface area contributed by atoms with Crippen LogP contribution < -0.4 is 5.32 Å². The van der Waals surface area contributed by atoms with E-state index in [9.17, 15) is 18.0 Å². The summed E-state index contributed by atoms with van der Waals surface area (Å²) in [5, 5.41) is 2.87. The zero-order valence-electron chi connectivity index (χ0n) is 14.4. The van der Waals surface area contributed by atoms with Crippen LogP contribution in [0, 0.1) is 23.4 Å². The Morgan fingerprint density at radius 2 is 1.73 bits per heavy atom. The molecule has 1 amide bonds. The molecule has 1 N–H and O–H groups in total. The molecule has 6 heteroatoms. The lowest BCUT2D eigenvalue weighted by Gasteiger charge is -2.22. The lowest BCUT2D eigenvalue weighted by Crippen LogP contribution is -2.38. The van der Waals surface area contributed by atoms with Gasteiger partial charge in [-0.3, -0.25) is 9.78 Å². The number of carbonyl (C=O) groups excluding carboxylic acids is 1. The molecule has 0 aliphatic heterocycles. The quantitative estimate of drug-likeness (QED) is 0.773. The molecule has 26 heavy (non-hydrogen) atoms. The van der Waals surface area contributed by atoms with Crippen molar-refractivity contribution in [2.75, 3.05) is 0 Å². The van der Waals surface area contributed by atoms with Crippen molar-refractivity contribution >= 4 is 5.91 Å². The van der Waals surface area contributed by atoms with E-state index in [4.69, 9.17) is 0 Å². The van der Waals surface area contributed by atoms with E-state index in [-0.39, 0.29) is 11.6 Å². The number of rotatable bonds is 6. The molecule has 138 valence electrons. The Hall–Kier alpha value is -2.37. The highest BCUT2D eigenvalue weighted by Crippen LogP contribution is 2.29. The number of hydrogen-bond donors (Lipinski definition) is 1. The Morgan fingerprint density at radius 1 is 1.12 bits per heavy atom. The smallest absolute Gasteiger partial charge is 0.251 e. The molecule has 1 aromatic carbocycles. The first kappa shape index (κ1) is 18.4. The Bertz CT molecular complexity index is 738. The average molecular weight is 362 g/mol. The number of pyridine rings is 1. The van der Waals surface area contributed by atoms with E-state index in [2.05, 4.69) is 10.3 Å². The minimum atomic E-state index is -1.57. The van der Waals surface area contributed by atoms with E-state index in [1.807, 2.05) is 12.1 Å². The second-order valence-electron chi connectivity index (χ2n) is 6.87. The van der Waals surface area contributed by atoms with Crippen LogP contribution in [0.3, 0.4) is 0 Å². The van der Waals surface area contributed by atoms with Gasteiger partial charge in [0, 0.05) is 24.0 Å². The molecule has 1 aromatic heterocycles. The summed E-state index contributed by atoms with van der Waals surface area (Å²) in [7, 11) is 0. The van der Waals surface area contributed by atoms with Gasteiger partial charge in [0.05, 0.1) is 0 Å². The van der Waals surface area contributed by atoms with Gasteiger partial charge >= 0.3 is 0 Å². The maximum atomic E-state index is 13.4. The molecular formula is C20H21F3N2O. The van der Waals surface area contributed by atoms with Crippen molar-refractivity contribution in [1.82, 2.24) is 10.3 Å². The van der Waals surface area contributed by atoms with Crippen LogP contribution >= 0.6 is 0 Å². The van der Waals surface area contributed by atoms with Crippen LogP contribution in [-0.2, 0) is 6.42 Å². The first-order valence-electron chi connectivity index (χ1n) is 8.87. The lowest BCUT2D eigenvalue weighted by atomic mass is 9.94. The SMILES string of the molecule is O=C(N[C@H](Cc1ccncc1)CC1CCCC1)c1cc(F)c(F)c(F)c1. The van der Waals surface area contributed by atoms with Crippen molar-refractivity contribution in [1.29, 1.82) is 0 Å². The van der Waals surface area contributed by atoms with Crippen molar-refractivity contribution in [3.63, 3.8) is 0 Å². The Labute approximate surface area is 150 Å². The molecule has 1 heterocycles. The van der Waals surface area contributed by atoms with Crippen LogP contribution in [0.5, 0.6) is 0 Å². The molecule has 0 spiro atoms. The van der Waals surface area contributed by atoms with E-state index < -0.39 is 23.4 Å². The molecule has 0 saturated heterocycles. The third-order valence-electron chi connectivity index (χ3n) is 4.91. The summed E-state index contributed by atoms with van der Waals surface area (Å²) in [6.45, 7) is 0. The van der Waals surface area contributed by atoms with Crippen molar-refractivity contribution in [3.05, 3.63) is 65.2 Å². The van der Waals surface area contributed by atoms with Crippen molar-refractivity contribution in [3.8, 4) is 0 Å². The maximum Gasteiger partial charge on any atom is 0.251 e. The summed E-state index contributed by atoms with van der Waals surface area (Å²) >= 11 is 0. The molecule has 1 aliphatic rings. The number of benzene rings is 1. The van der Waals surface area contributed by atoms with Crippen LogP contribution in [0.1, 0.15) is 48.0 Å². The van der Waals surface area contributed by atoms with E-state index in [1.165, 1.54) is 12.8 Å². The van der Waals surface area contributed by atoms with Gasteiger partial charge in [-0.15, -0.1) is 0 Å². The minimum Gasteiger partial charge on any atom is -0.349 e. The molecule has 2 aromatic rings. The Kier molecular flexibility index (Phi) is 5.91. The molecule has 1 atom stereocenters. The van der Waals surface area contributed by atoms with Gasteiger partial charge in [0.15, 0.2) is 17.5 Å². The average Bonchev–Trinajstić information content (AvgIpc) is 3.13. The molecule has 0 bridgehead atoms.